The van der Waals surface area contributed by atoms with Crippen molar-refractivity contribution in [2.75, 3.05) is 0 Å². The highest BCUT2D eigenvalue weighted by atomic mass is 19.4. The zero-order chi connectivity index (χ0) is 14.9. The topological polar surface area (TPSA) is 0 Å². The lowest BCUT2D eigenvalue weighted by molar-refractivity contribution is -0.137. The largest absolute Gasteiger partial charge is 0.416 e. The van der Waals surface area contributed by atoms with Gasteiger partial charge in [-0.3, -0.25) is 0 Å². The van der Waals surface area contributed by atoms with Crippen molar-refractivity contribution in [2.24, 2.45) is 0 Å². The second-order valence-corrected chi connectivity index (χ2v) is 3.78. The van der Waals surface area contributed by atoms with Crippen molar-refractivity contribution in [3.63, 3.8) is 0 Å². The molecule has 106 valence electrons. The smallest absolute Gasteiger partial charge is 0.166 e. The fourth-order valence-corrected chi connectivity index (χ4v) is 1.31. The molecule has 1 aromatic carbocycles. The summed E-state index contributed by atoms with van der Waals surface area (Å²) in [5.74, 6) is 0.121. The highest BCUT2D eigenvalue weighted by molar-refractivity contribution is 5.32. The predicted octanol–water partition coefficient (Wildman–Crippen LogP) is 6.19. The van der Waals surface area contributed by atoms with Crippen molar-refractivity contribution in [1.29, 1.82) is 0 Å². The van der Waals surface area contributed by atoms with Gasteiger partial charge in [-0.25, -0.2) is 0 Å². The summed E-state index contributed by atoms with van der Waals surface area (Å²) in [6, 6.07) is 4.18. The third-order valence-electron chi connectivity index (χ3n) is 2.09. The van der Waals surface area contributed by atoms with Crippen molar-refractivity contribution in [3.05, 3.63) is 34.9 Å². The summed E-state index contributed by atoms with van der Waals surface area (Å²) in [6.07, 6.45) is -4.24. The molecule has 18 heavy (non-hydrogen) atoms. The van der Waals surface area contributed by atoms with Crippen LogP contribution >= 0.6 is 0 Å². The van der Waals surface area contributed by atoms with Gasteiger partial charge in [-0.1, -0.05) is 53.2 Å². The Balaban J connectivity index is 0. The zero-order valence-electron chi connectivity index (χ0n) is 12.4. The quantitative estimate of drug-likeness (QED) is 0.566. The van der Waals surface area contributed by atoms with E-state index in [9.17, 15) is 13.2 Å². The van der Waals surface area contributed by atoms with Gasteiger partial charge >= 0.3 is 6.18 Å². The van der Waals surface area contributed by atoms with Crippen LogP contribution in [0, 0.1) is 6.92 Å². The first-order valence-corrected chi connectivity index (χ1v) is 6.49. The zero-order valence-corrected chi connectivity index (χ0v) is 12.4. The van der Waals surface area contributed by atoms with E-state index in [-0.39, 0.29) is 5.92 Å². The molecule has 0 nitrogen and oxygen atoms in total. The lowest BCUT2D eigenvalue weighted by atomic mass is 9.98. The SMILES string of the molecule is CC.CC.Cc1cc(C(C)C)cc(C(F)(F)F)c1. The molecule has 0 aromatic heterocycles. The molecule has 0 heterocycles. The van der Waals surface area contributed by atoms with Gasteiger partial charge in [-0.05, 0) is 30.5 Å². The van der Waals surface area contributed by atoms with Crippen LogP contribution in [-0.2, 0) is 6.18 Å². The molecule has 1 aromatic rings. The van der Waals surface area contributed by atoms with Crippen LogP contribution in [0.4, 0.5) is 13.2 Å². The van der Waals surface area contributed by atoms with Gasteiger partial charge in [0.1, 0.15) is 0 Å². The molecule has 0 atom stereocenters. The minimum atomic E-state index is -4.24. The molecule has 0 aliphatic heterocycles. The summed E-state index contributed by atoms with van der Waals surface area (Å²) in [5.41, 5.74) is 0.835. The van der Waals surface area contributed by atoms with E-state index in [1.54, 1.807) is 13.0 Å². The molecule has 0 spiro atoms. The minimum absolute atomic E-state index is 0.121. The van der Waals surface area contributed by atoms with Crippen molar-refractivity contribution >= 4 is 0 Å². The highest BCUT2D eigenvalue weighted by Crippen LogP contribution is 2.32. The van der Waals surface area contributed by atoms with Crippen LogP contribution in [0.5, 0.6) is 0 Å². The minimum Gasteiger partial charge on any atom is -0.166 e. The van der Waals surface area contributed by atoms with E-state index >= 15 is 0 Å². The molecule has 0 aliphatic carbocycles. The second kappa shape index (κ2) is 9.01. The Kier molecular flexibility index (Phi) is 9.69. The molecule has 0 N–H and O–H groups in total. The fraction of sp³-hybridized carbons (Fsp3) is 0.600. The molecule has 0 bridgehead atoms. The van der Waals surface area contributed by atoms with Gasteiger partial charge in [-0.2, -0.15) is 13.2 Å². The summed E-state index contributed by atoms with van der Waals surface area (Å²) in [5, 5.41) is 0. The average molecular weight is 262 g/mol. The molecule has 1 rings (SSSR count). The fourth-order valence-electron chi connectivity index (χ4n) is 1.31. The van der Waals surface area contributed by atoms with E-state index < -0.39 is 11.7 Å². The van der Waals surface area contributed by atoms with E-state index in [0.29, 0.717) is 5.56 Å². The van der Waals surface area contributed by atoms with Gasteiger partial charge in [0.05, 0.1) is 5.56 Å². The first-order valence-electron chi connectivity index (χ1n) is 6.49. The van der Waals surface area contributed by atoms with Gasteiger partial charge in [0.25, 0.3) is 0 Å². The molecular weight excluding hydrogens is 237 g/mol. The molecule has 0 aliphatic rings. The van der Waals surface area contributed by atoms with E-state index in [0.717, 1.165) is 5.56 Å². The van der Waals surface area contributed by atoms with Gasteiger partial charge in [0.15, 0.2) is 0 Å². The van der Waals surface area contributed by atoms with Crippen LogP contribution in [0.1, 0.15) is 64.2 Å². The highest BCUT2D eigenvalue weighted by Gasteiger charge is 2.30. The predicted molar refractivity (Wildman–Crippen MR) is 73.0 cm³/mol. The molecule has 0 fully saturated rings. The number of benzene rings is 1. The number of alkyl halides is 3. The van der Waals surface area contributed by atoms with E-state index in [1.165, 1.54) is 12.1 Å². The van der Waals surface area contributed by atoms with Crippen molar-refractivity contribution < 1.29 is 13.2 Å². The van der Waals surface area contributed by atoms with Gasteiger partial charge in [-0.15, -0.1) is 0 Å². The number of hydrogen-bond donors (Lipinski definition) is 0. The van der Waals surface area contributed by atoms with E-state index in [2.05, 4.69) is 0 Å². The van der Waals surface area contributed by atoms with E-state index in [1.807, 2.05) is 41.5 Å². The Labute approximate surface area is 109 Å². The summed E-state index contributed by atoms with van der Waals surface area (Å²) in [6.45, 7) is 13.4. The second-order valence-electron chi connectivity index (χ2n) is 3.78. The maximum Gasteiger partial charge on any atom is 0.416 e. The van der Waals surface area contributed by atoms with Crippen LogP contribution in [0.3, 0.4) is 0 Å². The first-order chi connectivity index (χ1) is 8.30. The van der Waals surface area contributed by atoms with Crippen molar-refractivity contribution in [3.8, 4) is 0 Å². The maximum absolute atomic E-state index is 12.4. The number of aryl methyl sites for hydroxylation is 1. The molecular formula is C15H25F3. The Morgan fingerprint density at radius 3 is 1.67 bits per heavy atom. The Hall–Kier alpha value is -0.990. The molecule has 0 saturated heterocycles. The third kappa shape index (κ3) is 6.67. The van der Waals surface area contributed by atoms with Crippen LogP contribution in [0.25, 0.3) is 0 Å². The molecule has 3 heteroatoms. The van der Waals surface area contributed by atoms with E-state index in [4.69, 9.17) is 0 Å². The van der Waals surface area contributed by atoms with Gasteiger partial charge in [0, 0.05) is 0 Å². The molecule has 0 unspecified atom stereocenters. The van der Waals surface area contributed by atoms with Gasteiger partial charge in [0.2, 0.25) is 0 Å². The average Bonchev–Trinajstić information content (AvgIpc) is 2.32. The summed E-state index contributed by atoms with van der Waals surface area (Å²) >= 11 is 0. The standard InChI is InChI=1S/C11H13F3.2C2H6/c1-7(2)9-4-8(3)5-10(6-9)11(12,13)14;2*1-2/h4-7H,1-3H3;2*1-2H3. The monoisotopic (exact) mass is 262 g/mol. The number of rotatable bonds is 1. The number of halogens is 3. The van der Waals surface area contributed by atoms with Gasteiger partial charge < -0.3 is 0 Å². The van der Waals surface area contributed by atoms with Crippen LogP contribution in [0.15, 0.2) is 18.2 Å². The summed E-state index contributed by atoms with van der Waals surface area (Å²) < 4.78 is 37.2. The third-order valence-corrected chi connectivity index (χ3v) is 2.09. The number of hydrogen-bond acceptors (Lipinski definition) is 0. The Morgan fingerprint density at radius 2 is 1.33 bits per heavy atom. The maximum atomic E-state index is 12.4. The molecule has 0 radical (unpaired) electrons. The lowest BCUT2D eigenvalue weighted by Gasteiger charge is -2.12. The molecule has 0 saturated carbocycles. The molecule has 0 amide bonds. The van der Waals surface area contributed by atoms with Crippen molar-refractivity contribution in [1.82, 2.24) is 0 Å². The van der Waals surface area contributed by atoms with Crippen molar-refractivity contribution in [2.45, 2.75) is 60.6 Å². The van der Waals surface area contributed by atoms with Crippen LogP contribution in [0.2, 0.25) is 0 Å². The summed E-state index contributed by atoms with van der Waals surface area (Å²) in [7, 11) is 0. The first kappa shape index (κ1) is 19.4. The van der Waals surface area contributed by atoms with Crippen LogP contribution < -0.4 is 0 Å². The Morgan fingerprint density at radius 1 is 0.889 bits per heavy atom. The normalized spacial score (nSPS) is 10.2. The van der Waals surface area contributed by atoms with Crippen LogP contribution in [-0.4, -0.2) is 0 Å². The lowest BCUT2D eigenvalue weighted by Crippen LogP contribution is -2.06. The Bertz CT molecular complexity index is 325. The summed E-state index contributed by atoms with van der Waals surface area (Å²) in [4.78, 5) is 0.